The van der Waals surface area contributed by atoms with E-state index in [1.165, 1.54) is 53.4 Å². The second-order valence-corrected chi connectivity index (χ2v) is 13.1. The Morgan fingerprint density at radius 2 is 1.60 bits per heavy atom. The summed E-state index contributed by atoms with van der Waals surface area (Å²) in [6.45, 7) is 2.47. The predicted molar refractivity (Wildman–Crippen MR) is 198 cm³/mol. The molecule has 1 heterocycles. The van der Waals surface area contributed by atoms with Crippen molar-refractivity contribution in [1.82, 2.24) is 10.3 Å². The van der Waals surface area contributed by atoms with E-state index < -0.39 is 22.9 Å². The number of hydrogen-bond acceptors (Lipinski definition) is 7. The Labute approximate surface area is 296 Å². The fourth-order valence-electron chi connectivity index (χ4n) is 4.94. The fourth-order valence-corrected chi connectivity index (χ4v) is 6.92. The van der Waals surface area contributed by atoms with Crippen LogP contribution < -0.4 is 20.7 Å². The highest BCUT2D eigenvalue weighted by Crippen LogP contribution is 2.38. The van der Waals surface area contributed by atoms with Gasteiger partial charge in [-0.25, -0.2) is 9.37 Å². The molecule has 11 heteroatoms. The van der Waals surface area contributed by atoms with Gasteiger partial charge in [-0.3, -0.25) is 14.4 Å². The van der Waals surface area contributed by atoms with Crippen LogP contribution in [0.15, 0.2) is 138 Å². The molecule has 1 unspecified atom stereocenters. The van der Waals surface area contributed by atoms with Crippen LogP contribution in [0, 0.1) is 5.82 Å². The molecule has 250 valence electrons. The van der Waals surface area contributed by atoms with Crippen molar-refractivity contribution < 1.29 is 23.5 Å². The van der Waals surface area contributed by atoms with Crippen molar-refractivity contribution in [2.24, 2.45) is 0 Å². The Kier molecular flexibility index (Phi) is 11.0. The Bertz CT molecular complexity index is 2160. The Morgan fingerprint density at radius 1 is 0.860 bits per heavy atom. The summed E-state index contributed by atoms with van der Waals surface area (Å²) < 4.78 is 20.1. The number of nitrogens with zero attached hydrogens (tertiary/aromatic N) is 1. The van der Waals surface area contributed by atoms with Crippen LogP contribution >= 0.6 is 23.1 Å². The maximum Gasteiger partial charge on any atom is 0.272 e. The Hall–Kier alpha value is -5.78. The molecule has 0 aliphatic rings. The molecule has 0 saturated heterocycles. The van der Waals surface area contributed by atoms with Crippen LogP contribution in [0.4, 0.5) is 15.2 Å². The zero-order chi connectivity index (χ0) is 34.9. The van der Waals surface area contributed by atoms with E-state index in [1.807, 2.05) is 61.5 Å². The second-order valence-electron chi connectivity index (χ2n) is 10.9. The summed E-state index contributed by atoms with van der Waals surface area (Å²) in [6.07, 6.45) is 1.48. The van der Waals surface area contributed by atoms with Crippen molar-refractivity contribution in [2.45, 2.75) is 17.1 Å². The third-order valence-electron chi connectivity index (χ3n) is 7.30. The fraction of sp³-hybridized carbons (Fsp3) is 0.0769. The van der Waals surface area contributed by atoms with Crippen LogP contribution in [-0.4, -0.2) is 29.3 Å². The maximum absolute atomic E-state index is 13.8. The second kappa shape index (κ2) is 16.1. The molecule has 6 rings (SSSR count). The minimum absolute atomic E-state index is 0.0331. The van der Waals surface area contributed by atoms with Gasteiger partial charge in [0.1, 0.15) is 22.5 Å². The lowest BCUT2D eigenvalue weighted by molar-refractivity contribution is -0.116. The zero-order valence-electron chi connectivity index (χ0n) is 26.8. The molecule has 0 fully saturated rings. The summed E-state index contributed by atoms with van der Waals surface area (Å²) in [6, 6.07) is 36.2. The molecule has 6 aromatic rings. The number of carbonyl (C=O) groups excluding carboxylic acids is 3. The molecule has 3 amide bonds. The number of ether oxygens (including phenoxy) is 1. The highest BCUT2D eigenvalue weighted by atomic mass is 32.2. The summed E-state index contributed by atoms with van der Waals surface area (Å²) >= 11 is 2.69. The number of anilines is 2. The number of carbonyl (C=O) groups is 3. The number of thiazole rings is 1. The van der Waals surface area contributed by atoms with Gasteiger partial charge < -0.3 is 20.7 Å². The highest BCUT2D eigenvalue weighted by Gasteiger charge is 2.24. The average molecular weight is 703 g/mol. The van der Waals surface area contributed by atoms with Gasteiger partial charge in [0.05, 0.1) is 16.8 Å². The number of nitrogens with one attached hydrogen (secondary N) is 3. The molecule has 0 aliphatic heterocycles. The van der Waals surface area contributed by atoms with Crippen molar-refractivity contribution in [3.05, 3.63) is 156 Å². The van der Waals surface area contributed by atoms with Gasteiger partial charge in [-0.05, 0) is 84.8 Å². The lowest BCUT2D eigenvalue weighted by atomic mass is 10.1. The number of rotatable bonds is 12. The molecular weight excluding hydrogens is 672 g/mol. The number of benzene rings is 5. The molecule has 0 spiro atoms. The van der Waals surface area contributed by atoms with Gasteiger partial charge in [0.15, 0.2) is 5.13 Å². The lowest BCUT2D eigenvalue weighted by Crippen LogP contribution is -2.30. The number of fused-ring (bicyclic) bond motifs is 1. The summed E-state index contributed by atoms with van der Waals surface area (Å²) in [5, 5.41) is 8.35. The maximum atomic E-state index is 13.8. The van der Waals surface area contributed by atoms with Crippen LogP contribution in [-0.2, 0) is 9.59 Å². The van der Waals surface area contributed by atoms with E-state index in [0.717, 1.165) is 26.4 Å². The van der Waals surface area contributed by atoms with Gasteiger partial charge in [0.2, 0.25) is 5.91 Å². The van der Waals surface area contributed by atoms with Crippen molar-refractivity contribution in [2.75, 3.05) is 17.2 Å². The summed E-state index contributed by atoms with van der Waals surface area (Å²) in [5.41, 5.74) is 2.85. The monoisotopic (exact) mass is 702 g/mol. The Balaban J connectivity index is 1.22. The zero-order valence-corrected chi connectivity index (χ0v) is 28.4. The standard InChI is InChI=1S/C39H31FN4O4S2/c1-2-48-30-20-21-32-34(24-30)50-39(43-32)44-38(47)35(26-10-5-3-6-11-26)49-31-15-9-14-29(23-31)41-37(46)33(22-25-16-18-28(40)19-17-25)42-36(45)27-12-7-4-8-13-27/h3-24,35H,2H2,1H3,(H,41,46)(H,42,45)(H,43,44,47)/b33-22-. The van der Waals surface area contributed by atoms with E-state index in [4.69, 9.17) is 4.74 Å². The molecule has 8 nitrogen and oxygen atoms in total. The molecule has 50 heavy (non-hydrogen) atoms. The first-order valence-electron chi connectivity index (χ1n) is 15.7. The van der Waals surface area contributed by atoms with Gasteiger partial charge >= 0.3 is 0 Å². The number of thioether (sulfide) groups is 1. The van der Waals surface area contributed by atoms with Crippen LogP contribution in [0.2, 0.25) is 0 Å². The quantitative estimate of drug-likeness (QED) is 0.0870. The van der Waals surface area contributed by atoms with E-state index in [9.17, 15) is 18.8 Å². The van der Waals surface area contributed by atoms with Crippen LogP contribution in [0.1, 0.15) is 33.7 Å². The predicted octanol–water partition coefficient (Wildman–Crippen LogP) is 8.72. The van der Waals surface area contributed by atoms with Gasteiger partial charge in [0, 0.05) is 16.1 Å². The summed E-state index contributed by atoms with van der Waals surface area (Å²) in [4.78, 5) is 45.7. The molecule has 0 radical (unpaired) electrons. The minimum Gasteiger partial charge on any atom is -0.494 e. The van der Waals surface area contributed by atoms with Gasteiger partial charge in [-0.2, -0.15) is 0 Å². The van der Waals surface area contributed by atoms with Crippen molar-refractivity contribution in [3.63, 3.8) is 0 Å². The van der Waals surface area contributed by atoms with Gasteiger partial charge in [-0.15, -0.1) is 11.8 Å². The Morgan fingerprint density at radius 3 is 2.34 bits per heavy atom. The van der Waals surface area contributed by atoms with E-state index in [0.29, 0.717) is 28.6 Å². The van der Waals surface area contributed by atoms with Crippen molar-refractivity contribution in [1.29, 1.82) is 0 Å². The first-order chi connectivity index (χ1) is 24.3. The first-order valence-corrected chi connectivity index (χ1v) is 17.3. The third-order valence-corrected chi connectivity index (χ3v) is 9.48. The molecule has 0 saturated carbocycles. The third kappa shape index (κ3) is 8.81. The molecule has 3 N–H and O–H groups in total. The molecule has 1 atom stereocenters. The topological polar surface area (TPSA) is 109 Å². The highest BCUT2D eigenvalue weighted by molar-refractivity contribution is 8.00. The first kappa shape index (κ1) is 34.1. The number of hydrogen-bond donors (Lipinski definition) is 3. The molecule has 1 aromatic heterocycles. The van der Waals surface area contributed by atoms with Crippen LogP contribution in [0.25, 0.3) is 16.3 Å². The summed E-state index contributed by atoms with van der Waals surface area (Å²) in [7, 11) is 0. The SMILES string of the molecule is CCOc1ccc2nc(NC(=O)C(Sc3cccc(NC(=O)/C(=C/c4ccc(F)cc4)NC(=O)c4ccccc4)c3)c3ccccc3)sc2c1. The van der Waals surface area contributed by atoms with E-state index >= 15 is 0 Å². The van der Waals surface area contributed by atoms with E-state index in [1.54, 1.807) is 48.5 Å². The molecular formula is C39H31FN4O4S2. The van der Waals surface area contributed by atoms with Gasteiger partial charge in [0.25, 0.3) is 11.8 Å². The largest absolute Gasteiger partial charge is 0.494 e. The lowest BCUT2D eigenvalue weighted by Gasteiger charge is -2.17. The van der Waals surface area contributed by atoms with E-state index in [2.05, 4.69) is 20.9 Å². The normalized spacial score (nSPS) is 11.8. The number of amides is 3. The van der Waals surface area contributed by atoms with Crippen molar-refractivity contribution >= 4 is 67.9 Å². The summed E-state index contributed by atoms with van der Waals surface area (Å²) in [5.74, 6) is -0.996. The van der Waals surface area contributed by atoms with Crippen molar-refractivity contribution in [3.8, 4) is 5.75 Å². The smallest absolute Gasteiger partial charge is 0.272 e. The average Bonchev–Trinajstić information content (AvgIpc) is 3.53. The van der Waals surface area contributed by atoms with Crippen LogP contribution in [0.5, 0.6) is 5.75 Å². The minimum atomic E-state index is -0.646. The van der Waals surface area contributed by atoms with E-state index in [-0.39, 0.29) is 11.6 Å². The molecule has 5 aromatic carbocycles. The molecule has 0 bridgehead atoms. The van der Waals surface area contributed by atoms with Gasteiger partial charge in [-0.1, -0.05) is 78.1 Å². The van der Waals surface area contributed by atoms with Crippen LogP contribution in [0.3, 0.4) is 0 Å². The number of aromatic nitrogens is 1. The molecule has 0 aliphatic carbocycles. The number of halogens is 1.